The fourth-order valence-electron chi connectivity index (χ4n) is 2.26. The number of thiophene rings is 1. The molecule has 2 N–H and O–H groups in total. The van der Waals surface area contributed by atoms with E-state index in [1.807, 2.05) is 6.92 Å². The molecule has 6 heteroatoms. The Balaban J connectivity index is 2.35. The molecule has 1 atom stereocenters. The summed E-state index contributed by atoms with van der Waals surface area (Å²) in [7, 11) is -3.35. The molecule has 1 aliphatic rings. The van der Waals surface area contributed by atoms with E-state index in [4.69, 9.17) is 5.73 Å². The molecule has 2 heterocycles. The maximum atomic E-state index is 12.5. The third-order valence-electron chi connectivity index (χ3n) is 3.22. The summed E-state index contributed by atoms with van der Waals surface area (Å²) in [5, 5.41) is 1.80. The summed E-state index contributed by atoms with van der Waals surface area (Å²) in [5.41, 5.74) is 5.58. The minimum atomic E-state index is -3.35. The summed E-state index contributed by atoms with van der Waals surface area (Å²) in [6, 6.07) is 1.77. The third kappa shape index (κ3) is 2.40. The minimum absolute atomic E-state index is 0.0966. The monoisotopic (exact) mass is 274 g/mol. The van der Waals surface area contributed by atoms with Crippen LogP contribution < -0.4 is 5.73 Å². The van der Waals surface area contributed by atoms with Gasteiger partial charge < -0.3 is 5.73 Å². The van der Waals surface area contributed by atoms with Crippen LogP contribution in [0.25, 0.3) is 0 Å². The maximum absolute atomic E-state index is 12.5. The van der Waals surface area contributed by atoms with Gasteiger partial charge >= 0.3 is 0 Å². The first-order valence-electron chi connectivity index (χ1n) is 5.85. The van der Waals surface area contributed by atoms with Crippen LogP contribution in [-0.4, -0.2) is 25.3 Å². The fraction of sp³-hybridized carbons (Fsp3) is 0.636. The van der Waals surface area contributed by atoms with Crippen LogP contribution in [0.1, 0.15) is 31.1 Å². The van der Waals surface area contributed by atoms with E-state index in [9.17, 15) is 8.42 Å². The molecule has 0 aromatic carbocycles. The predicted octanol–water partition coefficient (Wildman–Crippen LogP) is 1.77. The number of hydrogen-bond acceptors (Lipinski definition) is 4. The van der Waals surface area contributed by atoms with Gasteiger partial charge in [-0.3, -0.25) is 0 Å². The van der Waals surface area contributed by atoms with E-state index in [1.165, 1.54) is 11.3 Å². The van der Waals surface area contributed by atoms with Crippen molar-refractivity contribution in [2.75, 3.05) is 6.54 Å². The smallest absolute Gasteiger partial charge is 0.244 e. The summed E-state index contributed by atoms with van der Waals surface area (Å²) >= 11 is 1.41. The Kier molecular flexibility index (Phi) is 3.87. The maximum Gasteiger partial charge on any atom is 0.244 e. The first-order valence-corrected chi connectivity index (χ1v) is 8.17. The molecular weight excluding hydrogens is 256 g/mol. The van der Waals surface area contributed by atoms with Gasteiger partial charge in [-0.2, -0.15) is 4.31 Å². The van der Waals surface area contributed by atoms with Crippen LogP contribution in [0.3, 0.4) is 0 Å². The molecule has 0 aliphatic carbocycles. The lowest BCUT2D eigenvalue weighted by molar-refractivity contribution is 0.268. The first kappa shape index (κ1) is 13.0. The van der Waals surface area contributed by atoms with Crippen molar-refractivity contribution >= 4 is 21.4 Å². The summed E-state index contributed by atoms with van der Waals surface area (Å²) in [5.74, 6) is 0. The molecule has 1 saturated heterocycles. The summed E-state index contributed by atoms with van der Waals surface area (Å²) in [6.07, 6.45) is 3.01. The van der Waals surface area contributed by atoms with E-state index < -0.39 is 10.0 Å². The molecule has 1 aromatic rings. The Morgan fingerprint density at radius 1 is 1.53 bits per heavy atom. The van der Waals surface area contributed by atoms with Crippen LogP contribution in [0.2, 0.25) is 0 Å². The van der Waals surface area contributed by atoms with Gasteiger partial charge in [-0.1, -0.05) is 6.42 Å². The van der Waals surface area contributed by atoms with E-state index in [-0.39, 0.29) is 12.6 Å². The van der Waals surface area contributed by atoms with Crippen LogP contribution in [-0.2, 0) is 16.6 Å². The van der Waals surface area contributed by atoms with Crippen LogP contribution in [0.5, 0.6) is 0 Å². The van der Waals surface area contributed by atoms with E-state index in [0.717, 1.165) is 24.1 Å². The van der Waals surface area contributed by atoms with Crippen molar-refractivity contribution in [2.24, 2.45) is 5.73 Å². The zero-order chi connectivity index (χ0) is 12.5. The molecule has 1 aromatic heterocycles. The highest BCUT2D eigenvalue weighted by Gasteiger charge is 2.32. The van der Waals surface area contributed by atoms with Crippen molar-refractivity contribution in [3.05, 3.63) is 16.3 Å². The molecular formula is C11H18N2O2S2. The molecule has 0 spiro atoms. The van der Waals surface area contributed by atoms with Crippen LogP contribution >= 0.6 is 11.3 Å². The molecule has 0 amide bonds. The van der Waals surface area contributed by atoms with Crippen molar-refractivity contribution in [1.82, 2.24) is 4.31 Å². The molecule has 1 fully saturated rings. The van der Waals surface area contributed by atoms with Crippen LogP contribution in [0.4, 0.5) is 0 Å². The normalized spacial score (nSPS) is 22.8. The van der Waals surface area contributed by atoms with Crippen LogP contribution in [0, 0.1) is 0 Å². The Bertz CT molecular complexity index is 481. The first-order chi connectivity index (χ1) is 8.07. The standard InChI is InChI=1S/C11H18N2O2S2/c1-9-4-2-3-6-13(9)17(14,15)11-5-7-16-10(11)8-12/h5,7,9H,2-4,6,8,12H2,1H3. The lowest BCUT2D eigenvalue weighted by atomic mass is 10.1. The zero-order valence-electron chi connectivity index (χ0n) is 9.93. The highest BCUT2D eigenvalue weighted by Crippen LogP contribution is 2.29. The van der Waals surface area contributed by atoms with Gasteiger partial charge in [0.15, 0.2) is 0 Å². The van der Waals surface area contributed by atoms with Crippen molar-refractivity contribution in [2.45, 2.75) is 43.7 Å². The van der Waals surface area contributed by atoms with Gasteiger partial charge in [0, 0.05) is 24.0 Å². The molecule has 96 valence electrons. The highest BCUT2D eigenvalue weighted by molar-refractivity contribution is 7.89. The van der Waals surface area contributed by atoms with E-state index in [0.29, 0.717) is 11.4 Å². The average Bonchev–Trinajstić information content (AvgIpc) is 2.78. The summed E-state index contributed by atoms with van der Waals surface area (Å²) < 4.78 is 26.7. The number of sulfonamides is 1. The van der Waals surface area contributed by atoms with Gasteiger partial charge in [0.2, 0.25) is 10.0 Å². The second-order valence-corrected chi connectivity index (χ2v) is 7.23. The Morgan fingerprint density at radius 2 is 2.29 bits per heavy atom. The van der Waals surface area contributed by atoms with Gasteiger partial charge in [-0.25, -0.2) is 8.42 Å². The zero-order valence-corrected chi connectivity index (χ0v) is 11.6. The topological polar surface area (TPSA) is 63.4 Å². The molecule has 0 bridgehead atoms. The number of nitrogens with zero attached hydrogens (tertiary/aromatic N) is 1. The summed E-state index contributed by atoms with van der Waals surface area (Å²) in [4.78, 5) is 1.15. The SMILES string of the molecule is CC1CCCCN1S(=O)(=O)c1ccsc1CN. The molecule has 1 unspecified atom stereocenters. The Morgan fingerprint density at radius 3 is 2.94 bits per heavy atom. The number of piperidine rings is 1. The van der Waals surface area contributed by atoms with Gasteiger partial charge in [-0.05, 0) is 31.2 Å². The molecule has 0 saturated carbocycles. The third-order valence-corrected chi connectivity index (χ3v) is 6.39. The quantitative estimate of drug-likeness (QED) is 0.913. The van der Waals surface area contributed by atoms with Crippen molar-refractivity contribution in [3.8, 4) is 0 Å². The van der Waals surface area contributed by atoms with Crippen molar-refractivity contribution in [3.63, 3.8) is 0 Å². The number of nitrogens with two attached hydrogens (primary N) is 1. The number of hydrogen-bond donors (Lipinski definition) is 1. The lowest BCUT2D eigenvalue weighted by Crippen LogP contribution is -2.42. The van der Waals surface area contributed by atoms with Crippen molar-refractivity contribution in [1.29, 1.82) is 0 Å². The van der Waals surface area contributed by atoms with E-state index >= 15 is 0 Å². The predicted molar refractivity (Wildman–Crippen MR) is 69.4 cm³/mol. The molecule has 2 rings (SSSR count). The second kappa shape index (κ2) is 5.06. The molecule has 0 radical (unpaired) electrons. The van der Waals surface area contributed by atoms with E-state index in [2.05, 4.69) is 0 Å². The fourth-order valence-corrected chi connectivity index (χ4v) is 5.27. The molecule has 4 nitrogen and oxygen atoms in total. The largest absolute Gasteiger partial charge is 0.326 e. The van der Waals surface area contributed by atoms with Crippen molar-refractivity contribution < 1.29 is 8.42 Å². The number of rotatable bonds is 3. The molecule has 1 aliphatic heterocycles. The van der Waals surface area contributed by atoms with Gasteiger partial charge in [0.1, 0.15) is 0 Å². The molecule has 17 heavy (non-hydrogen) atoms. The van der Waals surface area contributed by atoms with E-state index in [1.54, 1.807) is 15.8 Å². The van der Waals surface area contributed by atoms with Gasteiger partial charge in [0.25, 0.3) is 0 Å². The average molecular weight is 274 g/mol. The minimum Gasteiger partial charge on any atom is -0.326 e. The highest BCUT2D eigenvalue weighted by atomic mass is 32.2. The van der Waals surface area contributed by atoms with Gasteiger partial charge in [-0.15, -0.1) is 11.3 Å². The second-order valence-electron chi connectivity index (χ2n) is 4.37. The lowest BCUT2D eigenvalue weighted by Gasteiger charge is -2.32. The Hall–Kier alpha value is -0.430. The van der Waals surface area contributed by atoms with Crippen LogP contribution in [0.15, 0.2) is 16.3 Å². The van der Waals surface area contributed by atoms with Gasteiger partial charge in [0.05, 0.1) is 4.90 Å². The Labute approximate surface area is 106 Å². The summed E-state index contributed by atoms with van der Waals surface area (Å²) in [6.45, 7) is 2.89.